The van der Waals surface area contributed by atoms with Gasteiger partial charge in [-0.2, -0.15) is 0 Å². The largest absolute Gasteiger partial charge is 0.497 e. The van der Waals surface area contributed by atoms with Crippen LogP contribution < -0.4 is 10.1 Å². The van der Waals surface area contributed by atoms with Crippen LogP contribution in [0.3, 0.4) is 0 Å². The van der Waals surface area contributed by atoms with Gasteiger partial charge in [-0.15, -0.1) is 0 Å². The van der Waals surface area contributed by atoms with Crippen molar-refractivity contribution in [2.75, 3.05) is 7.11 Å². The van der Waals surface area contributed by atoms with Gasteiger partial charge >= 0.3 is 5.97 Å². The predicted molar refractivity (Wildman–Crippen MR) is 91.2 cm³/mol. The first kappa shape index (κ1) is 18.4. The normalized spacial score (nSPS) is 13.0. The number of aliphatic carboxylic acids is 1. The number of hydrogen-bond acceptors (Lipinski definition) is 3. The summed E-state index contributed by atoms with van der Waals surface area (Å²) < 4.78 is 18.6. The van der Waals surface area contributed by atoms with Crippen LogP contribution in [0.5, 0.6) is 5.75 Å². The van der Waals surface area contributed by atoms with Gasteiger partial charge in [0.1, 0.15) is 11.6 Å². The van der Waals surface area contributed by atoms with Crippen LogP contribution in [0.4, 0.5) is 4.39 Å². The molecular formula is C19H20FNO4. The topological polar surface area (TPSA) is 75.6 Å². The highest BCUT2D eigenvalue weighted by Gasteiger charge is 2.32. The second kappa shape index (κ2) is 7.34. The smallest absolute Gasteiger partial charge is 0.306 e. The lowest BCUT2D eigenvalue weighted by molar-refractivity contribution is -0.138. The Morgan fingerprint density at radius 3 is 2.56 bits per heavy atom. The van der Waals surface area contributed by atoms with Crippen molar-refractivity contribution < 1.29 is 23.8 Å². The van der Waals surface area contributed by atoms with Crippen molar-refractivity contribution in [3.8, 4) is 5.75 Å². The van der Waals surface area contributed by atoms with E-state index in [-0.39, 0.29) is 12.0 Å². The van der Waals surface area contributed by atoms with Crippen LogP contribution in [0.2, 0.25) is 0 Å². The summed E-state index contributed by atoms with van der Waals surface area (Å²) in [6.07, 6.45) is -0.313. The third kappa shape index (κ3) is 4.35. The molecular weight excluding hydrogens is 325 g/mol. The molecule has 1 atom stereocenters. The molecule has 1 unspecified atom stereocenters. The first-order chi connectivity index (χ1) is 11.7. The molecule has 0 spiro atoms. The molecule has 5 nitrogen and oxygen atoms in total. The molecule has 1 amide bonds. The minimum absolute atomic E-state index is 0.262. The number of carboxylic acid groups (broad SMARTS) is 1. The number of rotatable bonds is 6. The summed E-state index contributed by atoms with van der Waals surface area (Å²) in [5.74, 6) is -1.38. The average Bonchev–Trinajstić information content (AvgIpc) is 2.56. The van der Waals surface area contributed by atoms with Crippen molar-refractivity contribution in [3.05, 3.63) is 65.0 Å². The van der Waals surface area contributed by atoms with E-state index in [2.05, 4.69) is 5.32 Å². The van der Waals surface area contributed by atoms with Gasteiger partial charge in [-0.3, -0.25) is 9.59 Å². The summed E-state index contributed by atoms with van der Waals surface area (Å²) >= 11 is 0. The van der Waals surface area contributed by atoms with Gasteiger partial charge in [0, 0.05) is 5.56 Å². The van der Waals surface area contributed by atoms with E-state index in [1.165, 1.54) is 25.3 Å². The SMILES string of the molecule is COc1cccc(C(C)(CC(=O)O)NC(=O)c2ccc(F)c(C)c2)c1. The van der Waals surface area contributed by atoms with Crippen LogP contribution in [0.25, 0.3) is 0 Å². The monoisotopic (exact) mass is 345 g/mol. The van der Waals surface area contributed by atoms with Crippen LogP contribution in [0.15, 0.2) is 42.5 Å². The van der Waals surface area contributed by atoms with E-state index >= 15 is 0 Å². The molecule has 2 rings (SSSR count). The molecule has 0 bridgehead atoms. The Morgan fingerprint density at radius 1 is 1.24 bits per heavy atom. The second-order valence-corrected chi connectivity index (χ2v) is 6.05. The number of benzene rings is 2. The van der Waals surface area contributed by atoms with Crippen LogP contribution >= 0.6 is 0 Å². The van der Waals surface area contributed by atoms with Crippen LogP contribution in [0, 0.1) is 12.7 Å². The van der Waals surface area contributed by atoms with E-state index in [4.69, 9.17) is 4.74 Å². The standard InChI is InChI=1S/C19H20FNO4/c1-12-9-13(7-8-16(12)20)18(24)21-19(2,11-17(22)23)14-5-4-6-15(10-14)25-3/h4-10H,11H2,1-3H3,(H,21,24)(H,22,23). The molecule has 132 valence electrons. The van der Waals surface area contributed by atoms with Gasteiger partial charge in [0.05, 0.1) is 19.1 Å². The lowest BCUT2D eigenvalue weighted by Gasteiger charge is -2.30. The summed E-state index contributed by atoms with van der Waals surface area (Å²) in [6, 6.07) is 10.9. The molecule has 2 aromatic rings. The van der Waals surface area contributed by atoms with E-state index in [9.17, 15) is 19.1 Å². The lowest BCUT2D eigenvalue weighted by Crippen LogP contribution is -2.45. The number of carbonyl (C=O) groups excluding carboxylic acids is 1. The highest BCUT2D eigenvalue weighted by atomic mass is 19.1. The Hall–Kier alpha value is -2.89. The van der Waals surface area contributed by atoms with Crippen LogP contribution in [-0.4, -0.2) is 24.1 Å². The summed E-state index contributed by atoms with van der Waals surface area (Å²) in [4.78, 5) is 23.9. The third-order valence-corrected chi connectivity index (χ3v) is 4.02. The first-order valence-corrected chi connectivity index (χ1v) is 7.70. The highest BCUT2D eigenvalue weighted by Crippen LogP contribution is 2.28. The summed E-state index contributed by atoms with van der Waals surface area (Å²) in [6.45, 7) is 3.19. The summed E-state index contributed by atoms with van der Waals surface area (Å²) in [5.41, 5.74) is 0.0496. The van der Waals surface area contributed by atoms with Gasteiger partial charge in [0.2, 0.25) is 0 Å². The fourth-order valence-corrected chi connectivity index (χ4v) is 2.60. The summed E-state index contributed by atoms with van der Waals surface area (Å²) in [7, 11) is 1.51. The highest BCUT2D eigenvalue weighted by molar-refractivity contribution is 5.95. The molecule has 0 aromatic heterocycles. The van der Waals surface area contributed by atoms with Crippen molar-refractivity contribution >= 4 is 11.9 Å². The van der Waals surface area contributed by atoms with E-state index < -0.39 is 23.2 Å². The lowest BCUT2D eigenvalue weighted by atomic mass is 9.88. The Bertz CT molecular complexity index is 806. The quantitative estimate of drug-likeness (QED) is 0.843. The number of methoxy groups -OCH3 is 1. The molecule has 0 radical (unpaired) electrons. The Balaban J connectivity index is 2.37. The number of amides is 1. The average molecular weight is 345 g/mol. The van der Waals surface area contributed by atoms with Gasteiger partial charge in [0.15, 0.2) is 0 Å². The molecule has 25 heavy (non-hydrogen) atoms. The van der Waals surface area contributed by atoms with E-state index in [1.807, 2.05) is 0 Å². The zero-order valence-electron chi connectivity index (χ0n) is 14.3. The van der Waals surface area contributed by atoms with Gasteiger partial charge in [-0.05, 0) is 55.3 Å². The fraction of sp³-hybridized carbons (Fsp3) is 0.263. The molecule has 0 saturated carbocycles. The van der Waals surface area contributed by atoms with Crippen molar-refractivity contribution in [3.63, 3.8) is 0 Å². The van der Waals surface area contributed by atoms with Crippen molar-refractivity contribution in [2.45, 2.75) is 25.8 Å². The number of nitrogens with one attached hydrogen (secondary N) is 1. The van der Waals surface area contributed by atoms with E-state index in [0.717, 1.165) is 0 Å². The number of aryl methyl sites for hydroxylation is 1. The van der Waals surface area contributed by atoms with Gasteiger partial charge in [-0.1, -0.05) is 12.1 Å². The van der Waals surface area contributed by atoms with Gasteiger partial charge < -0.3 is 15.2 Å². The zero-order chi connectivity index (χ0) is 18.6. The molecule has 0 aliphatic rings. The summed E-state index contributed by atoms with van der Waals surface area (Å²) in [5, 5.41) is 12.0. The van der Waals surface area contributed by atoms with Crippen molar-refractivity contribution in [1.82, 2.24) is 5.32 Å². The molecule has 0 heterocycles. The molecule has 0 saturated heterocycles. The van der Waals surface area contributed by atoms with Crippen LogP contribution in [0.1, 0.15) is 34.8 Å². The first-order valence-electron chi connectivity index (χ1n) is 7.70. The Kier molecular flexibility index (Phi) is 5.41. The Morgan fingerprint density at radius 2 is 1.96 bits per heavy atom. The van der Waals surface area contributed by atoms with Crippen molar-refractivity contribution in [1.29, 1.82) is 0 Å². The van der Waals surface area contributed by atoms with E-state index in [1.54, 1.807) is 38.1 Å². The predicted octanol–water partition coefficient (Wildman–Crippen LogP) is 3.26. The third-order valence-electron chi connectivity index (χ3n) is 4.02. The molecule has 0 aliphatic heterocycles. The number of carboxylic acids is 1. The van der Waals surface area contributed by atoms with Crippen LogP contribution in [-0.2, 0) is 10.3 Å². The number of ether oxygens (including phenoxy) is 1. The maximum absolute atomic E-state index is 13.4. The molecule has 2 N–H and O–H groups in total. The zero-order valence-corrected chi connectivity index (χ0v) is 14.3. The second-order valence-electron chi connectivity index (χ2n) is 6.05. The van der Waals surface area contributed by atoms with E-state index in [0.29, 0.717) is 16.9 Å². The number of carbonyl (C=O) groups is 2. The number of hydrogen-bond donors (Lipinski definition) is 2. The Labute approximate surface area is 145 Å². The number of halogens is 1. The fourth-order valence-electron chi connectivity index (χ4n) is 2.60. The maximum Gasteiger partial charge on any atom is 0.306 e. The molecule has 6 heteroatoms. The molecule has 0 fully saturated rings. The molecule has 2 aromatic carbocycles. The minimum atomic E-state index is -1.15. The minimum Gasteiger partial charge on any atom is -0.497 e. The molecule has 0 aliphatic carbocycles. The maximum atomic E-state index is 13.4. The van der Waals surface area contributed by atoms with Gasteiger partial charge in [-0.25, -0.2) is 4.39 Å². The van der Waals surface area contributed by atoms with Gasteiger partial charge in [0.25, 0.3) is 5.91 Å². The van der Waals surface area contributed by atoms with Crippen molar-refractivity contribution in [2.24, 2.45) is 0 Å².